The third-order valence-electron chi connectivity index (χ3n) is 2.40. The van der Waals surface area contributed by atoms with Crippen molar-refractivity contribution in [1.82, 2.24) is 15.0 Å². The molecule has 0 saturated carbocycles. The summed E-state index contributed by atoms with van der Waals surface area (Å²) in [5.41, 5.74) is 1.12. The fraction of sp³-hybridized carbons (Fsp3) is 0.308. The molecule has 0 unspecified atom stereocenters. The first-order valence-corrected chi connectivity index (χ1v) is 6.39. The molecule has 0 saturated heterocycles. The molecule has 19 heavy (non-hydrogen) atoms. The van der Waals surface area contributed by atoms with Crippen LogP contribution in [0.5, 0.6) is 0 Å². The summed E-state index contributed by atoms with van der Waals surface area (Å²) in [6.07, 6.45) is 3.51. The Morgan fingerprint density at radius 3 is 2.79 bits per heavy atom. The molecule has 0 fully saturated rings. The third-order valence-corrected chi connectivity index (χ3v) is 2.59. The zero-order chi connectivity index (χ0) is 13.5. The first-order chi connectivity index (χ1) is 9.28. The highest BCUT2D eigenvalue weighted by Crippen LogP contribution is 2.13. The number of halogens is 1. The summed E-state index contributed by atoms with van der Waals surface area (Å²) in [4.78, 5) is 12.4. The Hall–Kier alpha value is -1.72. The Labute approximate surface area is 117 Å². The molecular formula is C13H15ClN4O. The summed E-state index contributed by atoms with van der Waals surface area (Å²) in [5.74, 6) is 1.26. The van der Waals surface area contributed by atoms with E-state index in [0.29, 0.717) is 36.6 Å². The Morgan fingerprint density at radius 1 is 1.26 bits per heavy atom. The monoisotopic (exact) mass is 278 g/mol. The van der Waals surface area contributed by atoms with E-state index in [9.17, 15) is 0 Å². The molecule has 0 aliphatic carbocycles. The molecule has 2 rings (SSSR count). The largest absolute Gasteiger partial charge is 0.374 e. The van der Waals surface area contributed by atoms with Crippen molar-refractivity contribution in [2.24, 2.45) is 0 Å². The van der Waals surface area contributed by atoms with E-state index < -0.39 is 0 Å². The lowest BCUT2D eigenvalue weighted by atomic mass is 10.3. The molecule has 0 aliphatic heterocycles. The number of hydrogen-bond donors (Lipinski definition) is 1. The fourth-order valence-corrected chi connectivity index (χ4v) is 1.71. The molecule has 5 nitrogen and oxygen atoms in total. The zero-order valence-corrected chi connectivity index (χ0v) is 11.4. The minimum atomic E-state index is 0.362. The van der Waals surface area contributed by atoms with E-state index in [2.05, 4.69) is 20.3 Å². The predicted molar refractivity (Wildman–Crippen MR) is 73.9 cm³/mol. The van der Waals surface area contributed by atoms with Crippen LogP contribution in [0.1, 0.15) is 18.3 Å². The maximum Gasteiger partial charge on any atom is 0.158 e. The van der Waals surface area contributed by atoms with Crippen molar-refractivity contribution in [2.45, 2.75) is 20.1 Å². The molecule has 100 valence electrons. The van der Waals surface area contributed by atoms with E-state index in [1.807, 2.05) is 19.1 Å². The smallest absolute Gasteiger partial charge is 0.158 e. The van der Waals surface area contributed by atoms with Crippen LogP contribution in [-0.4, -0.2) is 21.6 Å². The van der Waals surface area contributed by atoms with Gasteiger partial charge in [0.1, 0.15) is 17.6 Å². The van der Waals surface area contributed by atoms with Gasteiger partial charge in [0.05, 0.1) is 0 Å². The van der Waals surface area contributed by atoms with E-state index in [0.717, 1.165) is 5.56 Å². The van der Waals surface area contributed by atoms with Crippen molar-refractivity contribution in [3.63, 3.8) is 0 Å². The fourth-order valence-electron chi connectivity index (χ4n) is 1.51. The minimum absolute atomic E-state index is 0.362. The van der Waals surface area contributed by atoms with Gasteiger partial charge in [0, 0.05) is 31.6 Å². The molecule has 2 aromatic rings. The number of aromatic nitrogens is 3. The summed E-state index contributed by atoms with van der Waals surface area (Å²) in [6, 6.07) is 5.58. The van der Waals surface area contributed by atoms with Gasteiger partial charge in [0.2, 0.25) is 0 Å². The standard InChI is InChI=1S/C13H15ClN4O/c1-2-19-9-13-17-11(14)7-12(18-13)16-8-10-3-5-15-6-4-10/h3-7H,2,8-9H2,1H3,(H,16,17,18). The van der Waals surface area contributed by atoms with Gasteiger partial charge in [0.15, 0.2) is 5.82 Å². The molecule has 0 amide bonds. The lowest BCUT2D eigenvalue weighted by Crippen LogP contribution is -2.06. The number of hydrogen-bond acceptors (Lipinski definition) is 5. The number of nitrogens with one attached hydrogen (secondary N) is 1. The summed E-state index contributed by atoms with van der Waals surface area (Å²) < 4.78 is 5.27. The second-order valence-corrected chi connectivity index (χ2v) is 4.23. The van der Waals surface area contributed by atoms with Gasteiger partial charge in [0.25, 0.3) is 0 Å². The molecule has 2 heterocycles. The van der Waals surface area contributed by atoms with E-state index >= 15 is 0 Å². The second kappa shape index (κ2) is 7.01. The maximum absolute atomic E-state index is 5.95. The number of ether oxygens (including phenoxy) is 1. The van der Waals surface area contributed by atoms with Crippen molar-refractivity contribution in [3.05, 3.63) is 47.1 Å². The maximum atomic E-state index is 5.95. The number of nitrogens with zero attached hydrogens (tertiary/aromatic N) is 3. The highest BCUT2D eigenvalue weighted by molar-refractivity contribution is 6.29. The van der Waals surface area contributed by atoms with Gasteiger partial charge >= 0.3 is 0 Å². The van der Waals surface area contributed by atoms with E-state index in [1.165, 1.54) is 0 Å². The number of rotatable bonds is 6. The van der Waals surface area contributed by atoms with Crippen LogP contribution >= 0.6 is 11.6 Å². The average molecular weight is 279 g/mol. The molecular weight excluding hydrogens is 264 g/mol. The Balaban J connectivity index is 2.01. The number of anilines is 1. The second-order valence-electron chi connectivity index (χ2n) is 3.84. The number of pyridine rings is 1. The summed E-state index contributed by atoms with van der Waals surface area (Å²) >= 11 is 5.95. The first kappa shape index (κ1) is 13.7. The van der Waals surface area contributed by atoms with Gasteiger partial charge in [-0.2, -0.15) is 0 Å². The van der Waals surface area contributed by atoms with Crippen molar-refractivity contribution >= 4 is 17.4 Å². The Kier molecular flexibility index (Phi) is 5.06. The van der Waals surface area contributed by atoms with E-state index in [1.54, 1.807) is 18.5 Å². The Morgan fingerprint density at radius 2 is 2.05 bits per heavy atom. The SMILES string of the molecule is CCOCc1nc(Cl)cc(NCc2ccncc2)n1. The highest BCUT2D eigenvalue weighted by atomic mass is 35.5. The Bertz CT molecular complexity index is 521. The molecule has 1 N–H and O–H groups in total. The molecule has 0 radical (unpaired) electrons. The van der Waals surface area contributed by atoms with Crippen LogP contribution in [0.2, 0.25) is 5.15 Å². The van der Waals surface area contributed by atoms with Gasteiger partial charge < -0.3 is 10.1 Å². The lowest BCUT2D eigenvalue weighted by molar-refractivity contribution is 0.128. The molecule has 0 atom stereocenters. The van der Waals surface area contributed by atoms with Gasteiger partial charge in [-0.3, -0.25) is 4.98 Å². The minimum Gasteiger partial charge on any atom is -0.374 e. The van der Waals surface area contributed by atoms with Crippen LogP contribution in [-0.2, 0) is 17.9 Å². The normalized spacial score (nSPS) is 10.4. The van der Waals surface area contributed by atoms with Crippen molar-refractivity contribution in [3.8, 4) is 0 Å². The van der Waals surface area contributed by atoms with Crippen LogP contribution in [0.25, 0.3) is 0 Å². The third kappa shape index (κ3) is 4.46. The van der Waals surface area contributed by atoms with Crippen LogP contribution in [0.15, 0.2) is 30.6 Å². The van der Waals surface area contributed by atoms with Crippen LogP contribution < -0.4 is 5.32 Å². The average Bonchev–Trinajstić information content (AvgIpc) is 2.43. The molecule has 0 aliphatic rings. The highest BCUT2D eigenvalue weighted by Gasteiger charge is 2.03. The van der Waals surface area contributed by atoms with Crippen LogP contribution in [0, 0.1) is 0 Å². The lowest BCUT2D eigenvalue weighted by Gasteiger charge is -2.08. The first-order valence-electron chi connectivity index (χ1n) is 6.02. The van der Waals surface area contributed by atoms with Crippen molar-refractivity contribution in [2.75, 3.05) is 11.9 Å². The predicted octanol–water partition coefficient (Wildman–Crippen LogP) is 2.67. The topological polar surface area (TPSA) is 59.9 Å². The summed E-state index contributed by atoms with van der Waals surface area (Å²) in [7, 11) is 0. The van der Waals surface area contributed by atoms with Crippen molar-refractivity contribution < 1.29 is 4.74 Å². The van der Waals surface area contributed by atoms with Crippen molar-refractivity contribution in [1.29, 1.82) is 0 Å². The molecule has 0 aromatic carbocycles. The van der Waals surface area contributed by atoms with Gasteiger partial charge in [-0.1, -0.05) is 11.6 Å². The van der Waals surface area contributed by atoms with Crippen LogP contribution in [0.3, 0.4) is 0 Å². The molecule has 6 heteroatoms. The van der Waals surface area contributed by atoms with Gasteiger partial charge in [-0.05, 0) is 24.6 Å². The summed E-state index contributed by atoms with van der Waals surface area (Å²) in [5, 5.41) is 3.60. The van der Waals surface area contributed by atoms with E-state index in [4.69, 9.17) is 16.3 Å². The molecule has 0 bridgehead atoms. The molecule has 2 aromatic heterocycles. The quantitative estimate of drug-likeness (QED) is 0.823. The van der Waals surface area contributed by atoms with Crippen LogP contribution in [0.4, 0.5) is 5.82 Å². The van der Waals surface area contributed by atoms with Gasteiger partial charge in [-0.25, -0.2) is 9.97 Å². The zero-order valence-electron chi connectivity index (χ0n) is 10.6. The molecule has 0 spiro atoms. The summed E-state index contributed by atoms with van der Waals surface area (Å²) in [6.45, 7) is 3.56. The van der Waals surface area contributed by atoms with Gasteiger partial charge in [-0.15, -0.1) is 0 Å². The van der Waals surface area contributed by atoms with E-state index in [-0.39, 0.29) is 0 Å².